The van der Waals surface area contributed by atoms with Crippen LogP contribution in [-0.4, -0.2) is 18.5 Å². The van der Waals surface area contributed by atoms with Crippen molar-refractivity contribution in [3.63, 3.8) is 0 Å². The Morgan fingerprint density at radius 1 is 1.20 bits per heavy atom. The maximum atomic E-state index is 4.14. The number of nitrogens with zero attached hydrogens (tertiary/aromatic N) is 1. The molecule has 0 saturated carbocycles. The predicted octanol–water partition coefficient (Wildman–Crippen LogP) is 3.16. The van der Waals surface area contributed by atoms with Crippen LogP contribution in [0.1, 0.15) is 23.6 Å². The summed E-state index contributed by atoms with van der Waals surface area (Å²) in [5.41, 5.74) is 9.17. The van der Waals surface area contributed by atoms with E-state index in [1.54, 1.807) is 0 Å². The fourth-order valence-corrected chi connectivity index (χ4v) is 3.22. The molecule has 1 aliphatic heterocycles. The molecular formula is C18H22N2. The summed E-state index contributed by atoms with van der Waals surface area (Å²) in [6.45, 7) is 13.4. The lowest BCUT2D eigenvalue weighted by Gasteiger charge is -2.40. The molecule has 0 radical (unpaired) electrons. The Kier molecular flexibility index (Phi) is 3.27. The summed E-state index contributed by atoms with van der Waals surface area (Å²) in [7, 11) is 1.99. The lowest BCUT2D eigenvalue weighted by atomic mass is 9.83. The summed E-state index contributed by atoms with van der Waals surface area (Å²) in [5.74, 6) is 0. The summed E-state index contributed by atoms with van der Waals surface area (Å²) < 4.78 is 0. The van der Waals surface area contributed by atoms with Gasteiger partial charge in [0.15, 0.2) is 0 Å². The van der Waals surface area contributed by atoms with E-state index in [-0.39, 0.29) is 0 Å². The molecule has 1 aromatic carbocycles. The number of fused-ring (bicyclic) bond motifs is 1. The SMILES string of the molecule is C=C1C(=C)C(N2CCc3ccc(CNC)cc3C2)=C1C. The van der Waals surface area contributed by atoms with Gasteiger partial charge in [-0.2, -0.15) is 0 Å². The first kappa shape index (κ1) is 13.2. The number of nitrogens with one attached hydrogen (secondary N) is 1. The summed E-state index contributed by atoms with van der Waals surface area (Å²) >= 11 is 0. The van der Waals surface area contributed by atoms with Crippen molar-refractivity contribution in [1.29, 1.82) is 0 Å². The van der Waals surface area contributed by atoms with Crippen LogP contribution in [0.3, 0.4) is 0 Å². The molecule has 0 atom stereocenters. The molecule has 0 saturated heterocycles. The van der Waals surface area contributed by atoms with Gasteiger partial charge in [-0.1, -0.05) is 31.4 Å². The van der Waals surface area contributed by atoms with Crippen molar-refractivity contribution in [3.8, 4) is 0 Å². The summed E-state index contributed by atoms with van der Waals surface area (Å²) in [6.07, 6.45) is 1.12. The lowest BCUT2D eigenvalue weighted by Crippen LogP contribution is -2.34. The second-order valence-corrected chi connectivity index (χ2v) is 5.74. The minimum absolute atomic E-state index is 0.929. The van der Waals surface area contributed by atoms with E-state index in [0.29, 0.717) is 0 Å². The van der Waals surface area contributed by atoms with Gasteiger partial charge >= 0.3 is 0 Å². The highest BCUT2D eigenvalue weighted by Gasteiger charge is 2.29. The highest BCUT2D eigenvalue weighted by molar-refractivity contribution is 5.66. The molecule has 0 bridgehead atoms. The van der Waals surface area contributed by atoms with E-state index in [0.717, 1.165) is 37.2 Å². The van der Waals surface area contributed by atoms with Crippen LogP contribution in [0.5, 0.6) is 0 Å². The zero-order valence-corrected chi connectivity index (χ0v) is 12.4. The maximum Gasteiger partial charge on any atom is 0.0478 e. The van der Waals surface area contributed by atoms with Gasteiger partial charge in [0, 0.05) is 25.3 Å². The first-order valence-corrected chi connectivity index (χ1v) is 7.22. The number of benzene rings is 1. The zero-order chi connectivity index (χ0) is 14.3. The topological polar surface area (TPSA) is 15.3 Å². The van der Waals surface area contributed by atoms with Crippen LogP contribution in [0.2, 0.25) is 0 Å². The van der Waals surface area contributed by atoms with E-state index < -0.39 is 0 Å². The summed E-state index contributed by atoms with van der Waals surface area (Å²) in [5, 5.41) is 3.22. The molecule has 1 aromatic rings. The first-order chi connectivity index (χ1) is 9.61. The van der Waals surface area contributed by atoms with Crippen LogP contribution < -0.4 is 5.32 Å². The van der Waals surface area contributed by atoms with Crippen molar-refractivity contribution in [3.05, 3.63) is 70.5 Å². The van der Waals surface area contributed by atoms with Gasteiger partial charge in [-0.15, -0.1) is 0 Å². The van der Waals surface area contributed by atoms with E-state index in [4.69, 9.17) is 0 Å². The molecule has 2 nitrogen and oxygen atoms in total. The van der Waals surface area contributed by atoms with E-state index in [1.807, 2.05) is 7.05 Å². The lowest BCUT2D eigenvalue weighted by molar-refractivity contribution is 0.321. The van der Waals surface area contributed by atoms with E-state index in [9.17, 15) is 0 Å². The number of hydrogen-bond acceptors (Lipinski definition) is 2. The monoisotopic (exact) mass is 266 g/mol. The summed E-state index contributed by atoms with van der Waals surface area (Å²) in [4.78, 5) is 2.46. The van der Waals surface area contributed by atoms with Crippen molar-refractivity contribution in [1.82, 2.24) is 10.2 Å². The quantitative estimate of drug-likeness (QED) is 0.904. The zero-order valence-electron chi connectivity index (χ0n) is 12.4. The van der Waals surface area contributed by atoms with E-state index in [1.165, 1.54) is 28.0 Å². The second kappa shape index (κ2) is 4.95. The van der Waals surface area contributed by atoms with Gasteiger partial charge in [0.05, 0.1) is 0 Å². The Morgan fingerprint density at radius 3 is 2.70 bits per heavy atom. The van der Waals surface area contributed by atoms with Crippen molar-refractivity contribution in [2.45, 2.75) is 26.4 Å². The van der Waals surface area contributed by atoms with Gasteiger partial charge in [0.2, 0.25) is 0 Å². The minimum atomic E-state index is 0.929. The molecule has 0 spiro atoms. The van der Waals surface area contributed by atoms with Gasteiger partial charge in [0.25, 0.3) is 0 Å². The molecule has 104 valence electrons. The third kappa shape index (κ3) is 2.01. The molecule has 0 unspecified atom stereocenters. The van der Waals surface area contributed by atoms with Gasteiger partial charge in [-0.05, 0) is 53.8 Å². The Morgan fingerprint density at radius 2 is 2.00 bits per heavy atom. The molecule has 0 amide bonds. The van der Waals surface area contributed by atoms with Crippen LogP contribution in [0.4, 0.5) is 0 Å². The number of rotatable bonds is 3. The third-order valence-electron chi connectivity index (χ3n) is 4.44. The van der Waals surface area contributed by atoms with Gasteiger partial charge < -0.3 is 10.2 Å². The molecule has 1 heterocycles. The first-order valence-electron chi connectivity index (χ1n) is 7.22. The van der Waals surface area contributed by atoms with E-state index >= 15 is 0 Å². The Hall–Kier alpha value is -1.80. The number of allylic oxidation sites excluding steroid dienone is 2. The van der Waals surface area contributed by atoms with E-state index in [2.05, 4.69) is 48.5 Å². The minimum Gasteiger partial charge on any atom is -0.366 e. The van der Waals surface area contributed by atoms with Gasteiger partial charge in [-0.3, -0.25) is 0 Å². The molecule has 20 heavy (non-hydrogen) atoms. The largest absolute Gasteiger partial charge is 0.366 e. The highest BCUT2D eigenvalue weighted by Crippen LogP contribution is 2.40. The Balaban J connectivity index is 1.86. The maximum absolute atomic E-state index is 4.14. The predicted molar refractivity (Wildman–Crippen MR) is 84.3 cm³/mol. The Labute approximate surface area is 121 Å². The molecule has 1 N–H and O–H groups in total. The highest BCUT2D eigenvalue weighted by atomic mass is 15.1. The van der Waals surface area contributed by atoms with Crippen molar-refractivity contribution in [2.24, 2.45) is 0 Å². The fraction of sp³-hybridized carbons (Fsp3) is 0.333. The normalized spacial score (nSPS) is 18.2. The van der Waals surface area contributed by atoms with Crippen molar-refractivity contribution in [2.75, 3.05) is 13.6 Å². The Bertz CT molecular complexity index is 622. The van der Waals surface area contributed by atoms with Crippen LogP contribution in [0.25, 0.3) is 0 Å². The van der Waals surface area contributed by atoms with Crippen LogP contribution >= 0.6 is 0 Å². The standard InChI is InChI=1S/C18H22N2/c1-12-13(2)18(14(12)3)20-8-7-16-6-5-15(10-19-4)9-17(16)11-20/h5-6,9,19H,1-2,7-8,10-11H2,3-4H3. The third-order valence-corrected chi connectivity index (χ3v) is 4.44. The van der Waals surface area contributed by atoms with Crippen LogP contribution in [-0.2, 0) is 19.5 Å². The van der Waals surface area contributed by atoms with Crippen LogP contribution in [0, 0.1) is 0 Å². The van der Waals surface area contributed by atoms with Gasteiger partial charge in [-0.25, -0.2) is 0 Å². The van der Waals surface area contributed by atoms with Crippen molar-refractivity contribution >= 4 is 0 Å². The smallest absolute Gasteiger partial charge is 0.0478 e. The second-order valence-electron chi connectivity index (χ2n) is 5.74. The molecule has 2 heteroatoms. The molecular weight excluding hydrogens is 244 g/mol. The van der Waals surface area contributed by atoms with Crippen LogP contribution in [0.15, 0.2) is 53.8 Å². The average Bonchev–Trinajstić information content (AvgIpc) is 2.47. The number of hydrogen-bond donors (Lipinski definition) is 1. The molecule has 2 aliphatic rings. The van der Waals surface area contributed by atoms with Crippen molar-refractivity contribution < 1.29 is 0 Å². The molecule has 0 aromatic heterocycles. The fourth-order valence-electron chi connectivity index (χ4n) is 3.22. The molecule has 3 rings (SSSR count). The summed E-state index contributed by atoms with van der Waals surface area (Å²) in [6, 6.07) is 6.86. The van der Waals surface area contributed by atoms with Gasteiger partial charge in [0.1, 0.15) is 0 Å². The molecule has 1 aliphatic carbocycles. The molecule has 0 fully saturated rings. The average molecular weight is 266 g/mol.